The summed E-state index contributed by atoms with van der Waals surface area (Å²) in [6, 6.07) is 7.37. The highest BCUT2D eigenvalue weighted by Gasteiger charge is 2.19. The molecule has 1 N–H and O–H groups in total. The SMILES string of the molecule is CC(C)Oc1ccc(/C=C(/C#N)C(=O)NC2CCCC2)cc1Cl. The van der Waals surface area contributed by atoms with Gasteiger partial charge in [-0.05, 0) is 50.5 Å². The van der Waals surface area contributed by atoms with Crippen LogP contribution in [0.1, 0.15) is 45.1 Å². The van der Waals surface area contributed by atoms with Gasteiger partial charge in [0.15, 0.2) is 0 Å². The monoisotopic (exact) mass is 332 g/mol. The normalized spacial score (nSPS) is 15.5. The topological polar surface area (TPSA) is 62.1 Å². The lowest BCUT2D eigenvalue weighted by molar-refractivity contribution is -0.117. The molecular weight excluding hydrogens is 312 g/mol. The molecule has 122 valence electrons. The molecule has 23 heavy (non-hydrogen) atoms. The van der Waals surface area contributed by atoms with Crippen molar-refractivity contribution < 1.29 is 9.53 Å². The van der Waals surface area contributed by atoms with E-state index in [9.17, 15) is 10.1 Å². The average molecular weight is 333 g/mol. The molecule has 1 aliphatic rings. The van der Waals surface area contributed by atoms with Gasteiger partial charge in [0.2, 0.25) is 0 Å². The second kappa shape index (κ2) is 8.03. The zero-order valence-electron chi connectivity index (χ0n) is 13.4. The van der Waals surface area contributed by atoms with E-state index >= 15 is 0 Å². The van der Waals surface area contributed by atoms with Crippen molar-refractivity contribution in [1.29, 1.82) is 5.26 Å². The maximum absolute atomic E-state index is 12.2. The van der Waals surface area contributed by atoms with Crippen LogP contribution in [0.3, 0.4) is 0 Å². The number of nitriles is 1. The maximum atomic E-state index is 12.2. The van der Waals surface area contributed by atoms with Gasteiger partial charge in [0, 0.05) is 6.04 Å². The highest BCUT2D eigenvalue weighted by Crippen LogP contribution is 2.27. The van der Waals surface area contributed by atoms with E-state index in [1.54, 1.807) is 24.3 Å². The summed E-state index contributed by atoms with van der Waals surface area (Å²) in [5.74, 6) is 0.269. The largest absolute Gasteiger partial charge is 0.489 e. The van der Waals surface area contributed by atoms with Gasteiger partial charge >= 0.3 is 0 Å². The van der Waals surface area contributed by atoms with Gasteiger partial charge in [-0.15, -0.1) is 0 Å². The summed E-state index contributed by atoms with van der Waals surface area (Å²) in [4.78, 5) is 12.2. The molecule has 0 aliphatic heterocycles. The number of benzene rings is 1. The Balaban J connectivity index is 2.12. The molecule has 0 atom stereocenters. The first-order valence-corrected chi connectivity index (χ1v) is 8.26. The summed E-state index contributed by atoms with van der Waals surface area (Å²) in [6.45, 7) is 3.84. The molecule has 0 spiro atoms. The third-order valence-corrected chi connectivity index (χ3v) is 3.98. The van der Waals surface area contributed by atoms with Crippen molar-refractivity contribution in [2.75, 3.05) is 0 Å². The number of nitrogens with one attached hydrogen (secondary N) is 1. The van der Waals surface area contributed by atoms with Crippen LogP contribution in [0, 0.1) is 11.3 Å². The van der Waals surface area contributed by atoms with Crippen molar-refractivity contribution >= 4 is 23.6 Å². The fourth-order valence-electron chi connectivity index (χ4n) is 2.60. The third kappa shape index (κ3) is 5.01. The molecule has 0 unspecified atom stereocenters. The van der Waals surface area contributed by atoms with Crippen molar-refractivity contribution in [3.8, 4) is 11.8 Å². The Labute approximate surface area is 142 Å². The Kier molecular flexibility index (Phi) is 6.06. The number of amides is 1. The molecule has 0 saturated heterocycles. The Morgan fingerprint density at radius 2 is 2.13 bits per heavy atom. The minimum atomic E-state index is -0.321. The summed E-state index contributed by atoms with van der Waals surface area (Å²) in [7, 11) is 0. The smallest absolute Gasteiger partial charge is 0.262 e. The lowest BCUT2D eigenvalue weighted by Crippen LogP contribution is -2.33. The van der Waals surface area contributed by atoms with Crippen LogP contribution in [0.2, 0.25) is 5.02 Å². The molecular formula is C18H21ClN2O2. The number of halogens is 1. The van der Waals surface area contributed by atoms with Crippen molar-refractivity contribution in [1.82, 2.24) is 5.32 Å². The predicted molar refractivity (Wildman–Crippen MR) is 91.2 cm³/mol. The van der Waals surface area contributed by atoms with Crippen LogP contribution in [0.4, 0.5) is 0 Å². The molecule has 1 fully saturated rings. The summed E-state index contributed by atoms with van der Waals surface area (Å²) in [6.07, 6.45) is 5.80. The Hall–Kier alpha value is -1.99. The van der Waals surface area contributed by atoms with Crippen LogP contribution in [-0.2, 0) is 4.79 Å². The van der Waals surface area contributed by atoms with Gasteiger partial charge < -0.3 is 10.1 Å². The summed E-state index contributed by atoms with van der Waals surface area (Å²) in [5, 5.41) is 12.6. The fraction of sp³-hybridized carbons (Fsp3) is 0.444. The fourth-order valence-corrected chi connectivity index (χ4v) is 2.84. The first kappa shape index (κ1) is 17.4. The van der Waals surface area contributed by atoms with Gasteiger partial charge in [0.25, 0.3) is 5.91 Å². The molecule has 0 heterocycles. The van der Waals surface area contributed by atoms with E-state index in [1.807, 2.05) is 19.9 Å². The Morgan fingerprint density at radius 3 is 2.70 bits per heavy atom. The summed E-state index contributed by atoms with van der Waals surface area (Å²) < 4.78 is 5.57. The standard InChI is InChI=1S/C18H21ClN2O2/c1-12(2)23-17-8-7-13(10-16(17)19)9-14(11-20)18(22)21-15-5-3-4-6-15/h7-10,12,15H,3-6H2,1-2H3,(H,21,22)/b14-9-. The Bertz CT molecular complexity index is 641. The van der Waals surface area contributed by atoms with Gasteiger partial charge in [-0.3, -0.25) is 4.79 Å². The number of hydrogen-bond acceptors (Lipinski definition) is 3. The molecule has 1 saturated carbocycles. The number of ether oxygens (including phenoxy) is 1. The molecule has 1 aromatic carbocycles. The zero-order valence-corrected chi connectivity index (χ0v) is 14.2. The lowest BCUT2D eigenvalue weighted by Gasteiger charge is -2.12. The highest BCUT2D eigenvalue weighted by molar-refractivity contribution is 6.32. The number of rotatable bonds is 5. The van der Waals surface area contributed by atoms with E-state index in [1.165, 1.54) is 0 Å². The van der Waals surface area contributed by atoms with E-state index in [0.717, 1.165) is 25.7 Å². The number of carbonyl (C=O) groups excluding carboxylic acids is 1. The second-order valence-corrected chi connectivity index (χ2v) is 6.39. The van der Waals surface area contributed by atoms with Gasteiger partial charge in [-0.1, -0.05) is 30.5 Å². The van der Waals surface area contributed by atoms with Gasteiger partial charge in [0.1, 0.15) is 17.4 Å². The van der Waals surface area contributed by atoms with Crippen LogP contribution in [0.5, 0.6) is 5.75 Å². The van der Waals surface area contributed by atoms with Crippen LogP contribution in [0.15, 0.2) is 23.8 Å². The molecule has 1 aliphatic carbocycles. The number of hydrogen-bond donors (Lipinski definition) is 1. The van der Waals surface area contributed by atoms with Crippen molar-refractivity contribution in [3.63, 3.8) is 0 Å². The third-order valence-electron chi connectivity index (χ3n) is 3.69. The number of nitrogens with zero attached hydrogens (tertiary/aromatic N) is 1. The van der Waals surface area contributed by atoms with Crippen LogP contribution in [-0.4, -0.2) is 18.1 Å². The molecule has 1 aromatic rings. The predicted octanol–water partition coefficient (Wildman–Crippen LogP) is 4.09. The van der Waals surface area contributed by atoms with Crippen molar-refractivity contribution in [2.24, 2.45) is 0 Å². The first-order chi connectivity index (χ1) is 11.0. The number of carbonyl (C=O) groups is 1. The van der Waals surface area contributed by atoms with Crippen molar-refractivity contribution in [2.45, 2.75) is 51.7 Å². The van der Waals surface area contributed by atoms with E-state index in [0.29, 0.717) is 16.3 Å². The van der Waals surface area contributed by atoms with Crippen molar-refractivity contribution in [3.05, 3.63) is 34.4 Å². The summed E-state index contributed by atoms with van der Waals surface area (Å²) in [5.41, 5.74) is 0.787. The molecule has 5 heteroatoms. The van der Waals surface area contributed by atoms with E-state index in [-0.39, 0.29) is 23.6 Å². The minimum absolute atomic E-state index is 0.0285. The zero-order chi connectivity index (χ0) is 16.8. The lowest BCUT2D eigenvalue weighted by atomic mass is 10.1. The quantitative estimate of drug-likeness (QED) is 0.652. The average Bonchev–Trinajstić information content (AvgIpc) is 2.99. The van der Waals surface area contributed by atoms with E-state index < -0.39 is 0 Å². The molecule has 1 amide bonds. The van der Waals surface area contributed by atoms with Gasteiger partial charge in [0.05, 0.1) is 11.1 Å². The second-order valence-electron chi connectivity index (χ2n) is 5.98. The van der Waals surface area contributed by atoms with E-state index in [4.69, 9.17) is 16.3 Å². The van der Waals surface area contributed by atoms with E-state index in [2.05, 4.69) is 5.32 Å². The molecule has 0 aromatic heterocycles. The molecule has 0 bridgehead atoms. The minimum Gasteiger partial charge on any atom is -0.489 e. The highest BCUT2D eigenvalue weighted by atomic mass is 35.5. The maximum Gasteiger partial charge on any atom is 0.262 e. The van der Waals surface area contributed by atoms with Crippen LogP contribution in [0.25, 0.3) is 6.08 Å². The first-order valence-electron chi connectivity index (χ1n) is 7.88. The Morgan fingerprint density at radius 1 is 1.43 bits per heavy atom. The molecule has 4 nitrogen and oxygen atoms in total. The van der Waals surface area contributed by atoms with Gasteiger partial charge in [-0.25, -0.2) is 0 Å². The summed E-state index contributed by atoms with van der Waals surface area (Å²) >= 11 is 6.18. The van der Waals surface area contributed by atoms with Crippen LogP contribution >= 0.6 is 11.6 Å². The molecule has 2 rings (SSSR count). The van der Waals surface area contributed by atoms with Gasteiger partial charge in [-0.2, -0.15) is 5.26 Å². The van der Waals surface area contributed by atoms with Crippen LogP contribution < -0.4 is 10.1 Å². The molecule has 0 radical (unpaired) electrons.